The van der Waals surface area contributed by atoms with Gasteiger partial charge >= 0.3 is 6.03 Å². The van der Waals surface area contributed by atoms with Crippen molar-refractivity contribution in [3.63, 3.8) is 0 Å². The summed E-state index contributed by atoms with van der Waals surface area (Å²) in [6.45, 7) is 3.61. The Morgan fingerprint density at radius 1 is 1.09 bits per heavy atom. The highest BCUT2D eigenvalue weighted by molar-refractivity contribution is 5.79. The van der Waals surface area contributed by atoms with E-state index < -0.39 is 0 Å². The lowest BCUT2D eigenvalue weighted by molar-refractivity contribution is 0.0421. The molecule has 6 rings (SSSR count). The highest BCUT2D eigenvalue weighted by Crippen LogP contribution is 2.38. The molecule has 9 nitrogen and oxygen atoms in total. The van der Waals surface area contributed by atoms with Gasteiger partial charge in [-0.05, 0) is 31.7 Å². The van der Waals surface area contributed by atoms with Gasteiger partial charge in [0.25, 0.3) is 0 Å². The first-order chi connectivity index (χ1) is 15.7. The van der Waals surface area contributed by atoms with Crippen LogP contribution < -0.4 is 10.6 Å². The molecular weight excluding hydrogens is 404 g/mol. The minimum absolute atomic E-state index is 0.00517. The van der Waals surface area contributed by atoms with Gasteiger partial charge in [0, 0.05) is 61.8 Å². The molecule has 170 valence electrons. The topological polar surface area (TPSA) is 93.6 Å². The second kappa shape index (κ2) is 8.27. The third kappa shape index (κ3) is 3.68. The zero-order valence-electron chi connectivity index (χ0n) is 18.4. The molecule has 0 aromatic carbocycles. The lowest BCUT2D eigenvalue weighted by Crippen LogP contribution is -2.57. The Kier molecular flexibility index (Phi) is 5.13. The van der Waals surface area contributed by atoms with Crippen molar-refractivity contribution in [2.24, 2.45) is 4.99 Å². The summed E-state index contributed by atoms with van der Waals surface area (Å²) in [7, 11) is 0. The quantitative estimate of drug-likeness (QED) is 0.687. The van der Waals surface area contributed by atoms with E-state index in [9.17, 15) is 4.79 Å². The number of hydrogen-bond donors (Lipinski definition) is 3. The van der Waals surface area contributed by atoms with Gasteiger partial charge < -0.3 is 20.5 Å². The van der Waals surface area contributed by atoms with E-state index in [1.807, 2.05) is 17.3 Å². The molecule has 3 N–H and O–H groups in total. The van der Waals surface area contributed by atoms with Crippen LogP contribution in [0.15, 0.2) is 29.6 Å². The Balaban J connectivity index is 0.995. The van der Waals surface area contributed by atoms with Crippen molar-refractivity contribution in [3.05, 3.63) is 35.8 Å². The monoisotopic (exact) mass is 436 g/mol. The van der Waals surface area contributed by atoms with Gasteiger partial charge in [0.15, 0.2) is 0 Å². The Morgan fingerprint density at radius 3 is 2.72 bits per heavy atom. The summed E-state index contributed by atoms with van der Waals surface area (Å²) in [6.07, 6.45) is 14.8. The number of fused-ring (bicyclic) bond motifs is 1. The van der Waals surface area contributed by atoms with Gasteiger partial charge in [-0.25, -0.2) is 4.79 Å². The average Bonchev–Trinajstić information content (AvgIpc) is 3.55. The standard InChI is InChI=1S/C23H32N8O/c32-23(28-17-3-1-2-4-17)30-9-7-29(8-10-30)18-11-19(12-18)31-14-16(13-27-31)21-20-5-6-24-22(20)26-15-25-21/h5-6,13-15,17-19,21,24H,1-4,7-12H2,(H,25,26)(H,28,32). The fourth-order valence-electron chi connectivity index (χ4n) is 5.65. The van der Waals surface area contributed by atoms with E-state index >= 15 is 0 Å². The van der Waals surface area contributed by atoms with Crippen LogP contribution in [0.5, 0.6) is 0 Å². The number of amides is 2. The number of H-pyrrole nitrogens is 1. The van der Waals surface area contributed by atoms with Crippen molar-refractivity contribution in [1.29, 1.82) is 0 Å². The Hall–Kier alpha value is -2.81. The number of rotatable bonds is 4. The van der Waals surface area contributed by atoms with Crippen molar-refractivity contribution >= 4 is 18.2 Å². The molecule has 0 bridgehead atoms. The van der Waals surface area contributed by atoms with Crippen LogP contribution >= 0.6 is 0 Å². The predicted molar refractivity (Wildman–Crippen MR) is 123 cm³/mol. The Labute approximate surface area is 188 Å². The van der Waals surface area contributed by atoms with Crippen LogP contribution in [0.25, 0.3) is 0 Å². The van der Waals surface area contributed by atoms with Gasteiger partial charge in [-0.2, -0.15) is 5.10 Å². The maximum Gasteiger partial charge on any atom is 0.317 e. The molecule has 2 saturated carbocycles. The van der Waals surface area contributed by atoms with Crippen LogP contribution in [0.4, 0.5) is 10.6 Å². The Bertz CT molecular complexity index is 976. The molecule has 0 radical (unpaired) electrons. The summed E-state index contributed by atoms with van der Waals surface area (Å²) >= 11 is 0. The third-order valence-electron chi connectivity index (χ3n) is 7.71. The lowest BCUT2D eigenvalue weighted by atomic mass is 9.85. The van der Waals surface area contributed by atoms with Crippen molar-refractivity contribution in [1.82, 2.24) is 29.9 Å². The highest BCUT2D eigenvalue weighted by Gasteiger charge is 2.37. The van der Waals surface area contributed by atoms with Crippen molar-refractivity contribution in [3.8, 4) is 0 Å². The van der Waals surface area contributed by atoms with Crippen LogP contribution in [0.1, 0.15) is 61.7 Å². The first kappa shape index (κ1) is 19.8. The average molecular weight is 437 g/mol. The van der Waals surface area contributed by atoms with Gasteiger partial charge in [0.05, 0.1) is 18.6 Å². The van der Waals surface area contributed by atoms with E-state index in [0.29, 0.717) is 18.1 Å². The van der Waals surface area contributed by atoms with Gasteiger partial charge in [-0.1, -0.05) is 12.8 Å². The van der Waals surface area contributed by atoms with Crippen molar-refractivity contribution < 1.29 is 4.79 Å². The molecule has 1 atom stereocenters. The fraction of sp³-hybridized carbons (Fsp3) is 0.609. The van der Waals surface area contributed by atoms with Crippen molar-refractivity contribution in [2.45, 2.75) is 62.7 Å². The lowest BCUT2D eigenvalue weighted by Gasteiger charge is -2.46. The molecule has 4 heterocycles. The zero-order chi connectivity index (χ0) is 21.5. The molecule has 2 amide bonds. The van der Waals surface area contributed by atoms with E-state index in [0.717, 1.165) is 68.8 Å². The van der Waals surface area contributed by atoms with Gasteiger partial charge in [-0.15, -0.1) is 0 Å². The van der Waals surface area contributed by atoms with Crippen LogP contribution in [0.2, 0.25) is 0 Å². The number of piperazine rings is 1. The predicted octanol–water partition coefficient (Wildman–Crippen LogP) is 2.73. The largest absolute Gasteiger partial charge is 0.348 e. The zero-order valence-corrected chi connectivity index (χ0v) is 18.4. The summed E-state index contributed by atoms with van der Waals surface area (Å²) in [5.41, 5.74) is 2.29. The number of anilines is 1. The molecule has 32 heavy (non-hydrogen) atoms. The van der Waals surface area contributed by atoms with E-state index in [1.54, 1.807) is 6.34 Å². The smallest absolute Gasteiger partial charge is 0.317 e. The molecular formula is C23H32N8O. The number of urea groups is 1. The number of nitrogens with zero attached hydrogens (tertiary/aromatic N) is 5. The number of aliphatic imine (C=N–C) groups is 1. The third-order valence-corrected chi connectivity index (χ3v) is 7.71. The van der Waals surface area contributed by atoms with Crippen LogP contribution in [-0.2, 0) is 0 Å². The molecule has 1 saturated heterocycles. The molecule has 3 fully saturated rings. The molecule has 2 aromatic heterocycles. The minimum atomic E-state index is 0.00517. The fourth-order valence-corrected chi connectivity index (χ4v) is 5.65. The molecule has 1 unspecified atom stereocenters. The maximum absolute atomic E-state index is 12.5. The van der Waals surface area contributed by atoms with E-state index in [1.165, 1.54) is 12.8 Å². The summed E-state index contributed by atoms with van der Waals surface area (Å²) in [6, 6.07) is 3.67. The summed E-state index contributed by atoms with van der Waals surface area (Å²) in [5, 5.41) is 11.0. The van der Waals surface area contributed by atoms with Crippen LogP contribution in [0, 0.1) is 0 Å². The number of hydrogen-bond acceptors (Lipinski definition) is 5. The number of aromatic amines is 1. The number of aromatic nitrogens is 3. The molecule has 9 heteroatoms. The van der Waals surface area contributed by atoms with Gasteiger partial charge in [0.1, 0.15) is 11.9 Å². The minimum Gasteiger partial charge on any atom is -0.348 e. The second-order valence-electron chi connectivity index (χ2n) is 9.62. The number of carbonyl (C=O) groups is 1. The van der Waals surface area contributed by atoms with Crippen LogP contribution in [0.3, 0.4) is 0 Å². The summed E-state index contributed by atoms with van der Waals surface area (Å²) < 4.78 is 2.13. The summed E-state index contributed by atoms with van der Waals surface area (Å²) in [5.74, 6) is 1.01. The normalized spacial score (nSPS) is 28.2. The van der Waals surface area contributed by atoms with Crippen LogP contribution in [-0.4, -0.2) is 75.2 Å². The summed E-state index contributed by atoms with van der Waals surface area (Å²) in [4.78, 5) is 24.9. The van der Waals surface area contributed by atoms with E-state index in [-0.39, 0.29) is 12.1 Å². The maximum atomic E-state index is 12.5. The van der Waals surface area contributed by atoms with Crippen molar-refractivity contribution in [2.75, 3.05) is 31.5 Å². The van der Waals surface area contributed by atoms with Gasteiger partial charge in [0.2, 0.25) is 0 Å². The first-order valence-electron chi connectivity index (χ1n) is 12.0. The highest BCUT2D eigenvalue weighted by atomic mass is 16.2. The first-order valence-corrected chi connectivity index (χ1v) is 12.0. The van der Waals surface area contributed by atoms with Gasteiger partial charge in [-0.3, -0.25) is 14.6 Å². The van der Waals surface area contributed by atoms with E-state index in [2.05, 4.69) is 47.6 Å². The molecule has 2 aromatic rings. The SMILES string of the molecule is O=C(NC1CCCC1)N1CCN(C2CC(n3cc(C4N=CNc5[nH]ccc54)cn3)C2)CC1. The Morgan fingerprint density at radius 2 is 1.91 bits per heavy atom. The molecule has 4 aliphatic rings. The molecule has 0 spiro atoms. The number of nitrogens with one attached hydrogen (secondary N) is 3. The number of carbonyl (C=O) groups excluding carboxylic acids is 1. The van der Waals surface area contributed by atoms with E-state index in [4.69, 9.17) is 0 Å². The molecule has 2 aliphatic carbocycles. The molecule has 2 aliphatic heterocycles. The second-order valence-corrected chi connectivity index (χ2v) is 9.62.